The van der Waals surface area contributed by atoms with E-state index < -0.39 is 6.61 Å². The van der Waals surface area contributed by atoms with Crippen LogP contribution >= 0.6 is 0 Å². The lowest BCUT2D eigenvalue weighted by Crippen LogP contribution is -2.42. The fourth-order valence-electron chi connectivity index (χ4n) is 3.59. The van der Waals surface area contributed by atoms with E-state index in [4.69, 9.17) is 4.74 Å². The van der Waals surface area contributed by atoms with Gasteiger partial charge in [-0.05, 0) is 37.0 Å². The first-order valence-corrected chi connectivity index (χ1v) is 10.4. The van der Waals surface area contributed by atoms with Gasteiger partial charge in [-0.25, -0.2) is 4.98 Å². The third-order valence-electron chi connectivity index (χ3n) is 5.11. The number of aromatic amines is 1. The zero-order valence-corrected chi connectivity index (χ0v) is 17.7. The van der Waals surface area contributed by atoms with Gasteiger partial charge < -0.3 is 19.7 Å². The number of carbonyl (C=O) groups is 1. The number of alkyl halides is 2. The van der Waals surface area contributed by atoms with Crippen molar-refractivity contribution in [2.75, 3.05) is 16.8 Å². The highest BCUT2D eigenvalue weighted by Crippen LogP contribution is 2.27. The quantitative estimate of drug-likeness (QED) is 0.441. The summed E-state index contributed by atoms with van der Waals surface area (Å²) < 4.78 is 35.4. The first kappa shape index (κ1) is 22.5. The smallest absolute Gasteiger partial charge is 0.387 e. The maximum Gasteiger partial charge on any atom is 0.387 e. The molecule has 3 aromatic rings. The number of rotatable bonds is 10. The lowest BCUT2D eigenvalue weighted by molar-refractivity contribution is -0.0498. The standard InChI is InChI=1S/C21H23F2N7O3/c22-20(23)33-17-5-3-4-14(8-17)9-24-21-25-10-15(12-31)19(27-21)30-7-2-1-6-18(30)32-13-16-11-26-29-28-16/h3-5,8,10-12,18,20H,1-2,6-7,9,13H2,(H,24,25,27)(H,26,28,29). The number of aromatic nitrogens is 5. The van der Waals surface area contributed by atoms with Gasteiger partial charge >= 0.3 is 6.61 Å². The fourth-order valence-corrected chi connectivity index (χ4v) is 3.59. The van der Waals surface area contributed by atoms with E-state index in [1.807, 2.05) is 4.90 Å². The van der Waals surface area contributed by atoms with Gasteiger partial charge in [0.25, 0.3) is 0 Å². The molecule has 1 saturated heterocycles. The molecule has 0 amide bonds. The number of anilines is 2. The van der Waals surface area contributed by atoms with Gasteiger partial charge in [0.05, 0.1) is 18.4 Å². The molecule has 4 rings (SSSR count). The minimum atomic E-state index is -2.89. The van der Waals surface area contributed by atoms with E-state index in [-0.39, 0.29) is 25.1 Å². The van der Waals surface area contributed by atoms with E-state index in [2.05, 4.69) is 35.4 Å². The monoisotopic (exact) mass is 459 g/mol. The normalized spacial score (nSPS) is 16.1. The van der Waals surface area contributed by atoms with Crippen molar-refractivity contribution in [1.82, 2.24) is 25.4 Å². The van der Waals surface area contributed by atoms with Crippen LogP contribution in [0, 0.1) is 0 Å². The number of nitrogens with one attached hydrogen (secondary N) is 2. The number of carbonyl (C=O) groups excluding carboxylic acids is 1. The minimum absolute atomic E-state index is 0.0719. The van der Waals surface area contributed by atoms with Crippen LogP contribution in [-0.4, -0.2) is 51.0 Å². The lowest BCUT2D eigenvalue weighted by atomic mass is 10.1. The van der Waals surface area contributed by atoms with Crippen molar-refractivity contribution in [3.63, 3.8) is 0 Å². The number of hydrogen-bond donors (Lipinski definition) is 2. The molecule has 2 aromatic heterocycles. The van der Waals surface area contributed by atoms with Crippen LogP contribution < -0.4 is 15.0 Å². The van der Waals surface area contributed by atoms with Crippen molar-refractivity contribution in [3.8, 4) is 5.75 Å². The van der Waals surface area contributed by atoms with E-state index in [1.54, 1.807) is 18.3 Å². The number of halogens is 2. The number of benzene rings is 1. The molecule has 1 fully saturated rings. The summed E-state index contributed by atoms with van der Waals surface area (Å²) >= 11 is 0. The second-order valence-corrected chi connectivity index (χ2v) is 7.39. The predicted molar refractivity (Wildman–Crippen MR) is 114 cm³/mol. The number of hydrogen-bond acceptors (Lipinski definition) is 9. The molecule has 174 valence electrons. The van der Waals surface area contributed by atoms with E-state index in [1.165, 1.54) is 18.3 Å². The number of H-pyrrole nitrogens is 1. The summed E-state index contributed by atoms with van der Waals surface area (Å²) in [5.74, 6) is 0.848. The summed E-state index contributed by atoms with van der Waals surface area (Å²) in [5, 5.41) is 13.4. The Kier molecular flexibility index (Phi) is 7.35. The van der Waals surface area contributed by atoms with Crippen LogP contribution in [0.1, 0.15) is 40.9 Å². The summed E-state index contributed by atoms with van der Waals surface area (Å²) in [6.07, 6.45) is 6.19. The topological polar surface area (TPSA) is 118 Å². The third kappa shape index (κ3) is 5.98. The zero-order chi connectivity index (χ0) is 23.0. The highest BCUT2D eigenvalue weighted by atomic mass is 19.3. The third-order valence-corrected chi connectivity index (χ3v) is 5.11. The zero-order valence-electron chi connectivity index (χ0n) is 17.7. The van der Waals surface area contributed by atoms with E-state index in [0.717, 1.165) is 19.3 Å². The molecule has 0 spiro atoms. The van der Waals surface area contributed by atoms with Crippen molar-refractivity contribution >= 4 is 18.1 Å². The Morgan fingerprint density at radius 3 is 3.00 bits per heavy atom. The van der Waals surface area contributed by atoms with Crippen LogP contribution in [0.2, 0.25) is 0 Å². The highest BCUT2D eigenvalue weighted by molar-refractivity contribution is 5.82. The van der Waals surface area contributed by atoms with Gasteiger partial charge in [0, 0.05) is 19.3 Å². The van der Waals surface area contributed by atoms with Gasteiger partial charge in [-0.3, -0.25) is 4.79 Å². The maximum absolute atomic E-state index is 12.5. The molecule has 1 unspecified atom stereocenters. The van der Waals surface area contributed by atoms with E-state index in [0.29, 0.717) is 41.4 Å². The molecular weight excluding hydrogens is 436 g/mol. The van der Waals surface area contributed by atoms with Crippen LogP contribution in [-0.2, 0) is 17.9 Å². The molecule has 3 heterocycles. The van der Waals surface area contributed by atoms with Gasteiger partial charge in [-0.1, -0.05) is 12.1 Å². The molecule has 10 nitrogen and oxygen atoms in total. The second-order valence-electron chi connectivity index (χ2n) is 7.39. The summed E-state index contributed by atoms with van der Waals surface area (Å²) in [5.41, 5.74) is 1.74. The van der Waals surface area contributed by atoms with Crippen molar-refractivity contribution < 1.29 is 23.0 Å². The Bertz CT molecular complexity index is 1050. The van der Waals surface area contributed by atoms with Gasteiger partial charge in [0.15, 0.2) is 6.29 Å². The molecule has 1 aliphatic rings. The van der Waals surface area contributed by atoms with Crippen LogP contribution in [0.5, 0.6) is 5.75 Å². The van der Waals surface area contributed by atoms with Crippen LogP contribution in [0.25, 0.3) is 0 Å². The molecule has 0 saturated carbocycles. The largest absolute Gasteiger partial charge is 0.435 e. The Morgan fingerprint density at radius 1 is 1.30 bits per heavy atom. The molecule has 12 heteroatoms. The van der Waals surface area contributed by atoms with Gasteiger partial charge in [0.1, 0.15) is 23.5 Å². The Morgan fingerprint density at radius 2 is 2.21 bits per heavy atom. The number of nitrogens with zero attached hydrogens (tertiary/aromatic N) is 5. The summed E-state index contributed by atoms with van der Waals surface area (Å²) in [4.78, 5) is 22.4. The van der Waals surface area contributed by atoms with E-state index in [9.17, 15) is 13.6 Å². The Labute approximate surface area is 188 Å². The summed E-state index contributed by atoms with van der Waals surface area (Å²) in [7, 11) is 0. The molecular formula is C21H23F2N7O3. The van der Waals surface area contributed by atoms with Crippen molar-refractivity contribution in [3.05, 3.63) is 53.5 Å². The second kappa shape index (κ2) is 10.8. The van der Waals surface area contributed by atoms with Crippen LogP contribution in [0.3, 0.4) is 0 Å². The summed E-state index contributed by atoms with van der Waals surface area (Å²) in [6.45, 7) is -1.65. The Balaban J connectivity index is 1.48. The first-order valence-electron chi connectivity index (χ1n) is 10.4. The molecule has 1 aliphatic heterocycles. The van der Waals surface area contributed by atoms with E-state index >= 15 is 0 Å². The van der Waals surface area contributed by atoms with Crippen LogP contribution in [0.4, 0.5) is 20.5 Å². The Hall–Kier alpha value is -3.67. The van der Waals surface area contributed by atoms with Crippen molar-refractivity contribution in [2.24, 2.45) is 0 Å². The predicted octanol–water partition coefficient (Wildman–Crippen LogP) is 3.15. The molecule has 33 heavy (non-hydrogen) atoms. The van der Waals surface area contributed by atoms with Crippen molar-refractivity contribution in [1.29, 1.82) is 0 Å². The van der Waals surface area contributed by atoms with Crippen LogP contribution in [0.15, 0.2) is 36.7 Å². The average molecular weight is 459 g/mol. The average Bonchev–Trinajstić information content (AvgIpc) is 3.35. The number of piperidine rings is 1. The van der Waals surface area contributed by atoms with Gasteiger partial charge in [0.2, 0.25) is 5.95 Å². The minimum Gasteiger partial charge on any atom is -0.435 e. The fraction of sp³-hybridized carbons (Fsp3) is 0.381. The number of aldehydes is 1. The molecule has 0 radical (unpaired) electrons. The molecule has 0 aliphatic carbocycles. The summed E-state index contributed by atoms with van der Waals surface area (Å²) in [6, 6.07) is 6.36. The van der Waals surface area contributed by atoms with Gasteiger partial charge in [-0.2, -0.15) is 29.2 Å². The van der Waals surface area contributed by atoms with Gasteiger partial charge in [-0.15, -0.1) is 0 Å². The molecule has 1 atom stereocenters. The maximum atomic E-state index is 12.5. The SMILES string of the molecule is O=Cc1cnc(NCc2cccc(OC(F)F)c2)nc1N1CCCCC1OCc1cn[nH]n1. The molecule has 0 bridgehead atoms. The lowest BCUT2D eigenvalue weighted by Gasteiger charge is -2.36. The van der Waals surface area contributed by atoms with Crippen molar-refractivity contribution in [2.45, 2.75) is 45.3 Å². The first-order chi connectivity index (χ1) is 16.1. The molecule has 1 aromatic carbocycles. The molecule has 2 N–H and O–H groups in total. The highest BCUT2D eigenvalue weighted by Gasteiger charge is 2.27. The number of ether oxygens (including phenoxy) is 2.